The van der Waals surface area contributed by atoms with Gasteiger partial charge >= 0.3 is 0 Å². The molecular weight excluding hydrogens is 307 g/mol. The Labute approximate surface area is 137 Å². The molecule has 1 aliphatic rings. The van der Waals surface area contributed by atoms with E-state index in [4.69, 9.17) is 0 Å². The van der Waals surface area contributed by atoms with E-state index in [1.165, 1.54) is 0 Å². The number of hydrogen-bond donors (Lipinski definition) is 1. The quantitative estimate of drug-likeness (QED) is 0.779. The average molecular weight is 322 g/mol. The molecule has 0 saturated heterocycles. The summed E-state index contributed by atoms with van der Waals surface area (Å²) in [5.74, 6) is 0.486. The second kappa shape index (κ2) is 5.96. The van der Waals surface area contributed by atoms with Crippen LogP contribution in [0.5, 0.6) is 5.75 Å². The van der Waals surface area contributed by atoms with Gasteiger partial charge in [-0.15, -0.1) is 10.2 Å². The summed E-state index contributed by atoms with van der Waals surface area (Å²) in [6.07, 6.45) is 7.86. The van der Waals surface area contributed by atoms with E-state index in [0.29, 0.717) is 23.5 Å². The number of alkyl halides is 1. The zero-order valence-electron chi connectivity index (χ0n) is 12.9. The van der Waals surface area contributed by atoms with Crippen LogP contribution in [-0.4, -0.2) is 31.4 Å². The van der Waals surface area contributed by atoms with E-state index < -0.39 is 6.17 Å². The molecule has 3 aromatic rings. The molecule has 1 aliphatic carbocycles. The Bertz CT molecular complexity index is 924. The molecule has 0 radical (unpaired) electrons. The van der Waals surface area contributed by atoms with E-state index in [1.54, 1.807) is 30.7 Å². The van der Waals surface area contributed by atoms with E-state index in [1.807, 2.05) is 12.1 Å². The molecule has 0 spiro atoms. The van der Waals surface area contributed by atoms with Crippen LogP contribution in [0.1, 0.15) is 25.1 Å². The monoisotopic (exact) mass is 322 g/mol. The maximum atomic E-state index is 13.6. The number of hydrogen-bond acceptors (Lipinski definition) is 5. The van der Waals surface area contributed by atoms with Crippen LogP contribution in [0.25, 0.3) is 28.1 Å². The Kier molecular flexibility index (Phi) is 3.65. The summed E-state index contributed by atoms with van der Waals surface area (Å²) in [5.41, 5.74) is 1.75. The van der Waals surface area contributed by atoms with Gasteiger partial charge in [-0.2, -0.15) is 0 Å². The Morgan fingerprint density at radius 2 is 2.08 bits per heavy atom. The lowest BCUT2D eigenvalue weighted by Crippen LogP contribution is -1.98. The zero-order chi connectivity index (χ0) is 16.5. The highest BCUT2D eigenvalue weighted by atomic mass is 19.1. The van der Waals surface area contributed by atoms with Crippen molar-refractivity contribution in [1.29, 1.82) is 0 Å². The van der Waals surface area contributed by atoms with Crippen LogP contribution in [0.4, 0.5) is 4.39 Å². The largest absolute Gasteiger partial charge is 0.507 e. The zero-order valence-corrected chi connectivity index (χ0v) is 12.9. The number of benzene rings is 1. The minimum atomic E-state index is -0.897. The lowest BCUT2D eigenvalue weighted by molar-refractivity contribution is 0.391. The van der Waals surface area contributed by atoms with Gasteiger partial charge in [0.2, 0.25) is 0 Å². The summed E-state index contributed by atoms with van der Waals surface area (Å²) in [6, 6.07) is 5.33. The van der Waals surface area contributed by atoms with Crippen LogP contribution in [0.15, 0.2) is 42.4 Å². The SMILES string of the molecule is Oc1cc2cnccc2cc1-c1cnc(/C=C2/CCC[C@H]2F)nn1. The van der Waals surface area contributed by atoms with Gasteiger partial charge in [0.1, 0.15) is 17.6 Å². The summed E-state index contributed by atoms with van der Waals surface area (Å²) < 4.78 is 13.6. The summed E-state index contributed by atoms with van der Waals surface area (Å²) in [4.78, 5) is 8.27. The maximum Gasteiger partial charge on any atom is 0.174 e. The highest BCUT2D eigenvalue weighted by molar-refractivity contribution is 5.89. The van der Waals surface area contributed by atoms with Gasteiger partial charge in [0, 0.05) is 23.3 Å². The topological polar surface area (TPSA) is 71.8 Å². The van der Waals surface area contributed by atoms with Crippen molar-refractivity contribution in [3.63, 3.8) is 0 Å². The third-order valence-electron chi connectivity index (χ3n) is 4.25. The standard InChI is InChI=1S/C18H15FN4O/c19-15-3-1-2-12(15)8-18-21-10-16(22-23-18)14-6-11-4-5-20-9-13(11)7-17(14)24/h4-10,15,24H,1-3H2/b12-8-/t15-/m1/s1. The molecule has 1 atom stereocenters. The van der Waals surface area contributed by atoms with Crippen molar-refractivity contribution in [2.45, 2.75) is 25.4 Å². The van der Waals surface area contributed by atoms with Crippen LogP contribution in [-0.2, 0) is 0 Å². The molecule has 2 aromatic heterocycles. The molecule has 1 fully saturated rings. The van der Waals surface area contributed by atoms with Crippen LogP contribution >= 0.6 is 0 Å². The van der Waals surface area contributed by atoms with Crippen LogP contribution in [0.3, 0.4) is 0 Å². The Hall–Kier alpha value is -2.89. The number of aromatic hydroxyl groups is 1. The van der Waals surface area contributed by atoms with Crippen molar-refractivity contribution in [3.05, 3.63) is 48.2 Å². The van der Waals surface area contributed by atoms with Gasteiger partial charge in [-0.3, -0.25) is 4.98 Å². The lowest BCUT2D eigenvalue weighted by atomic mass is 10.1. The van der Waals surface area contributed by atoms with E-state index in [-0.39, 0.29) is 5.75 Å². The number of nitrogens with zero attached hydrogens (tertiary/aromatic N) is 4. The van der Waals surface area contributed by atoms with Gasteiger partial charge in [0.05, 0.1) is 6.20 Å². The van der Waals surface area contributed by atoms with Gasteiger partial charge in [0.25, 0.3) is 0 Å². The number of allylic oxidation sites excluding steroid dienone is 1. The normalized spacial score (nSPS) is 19.2. The summed E-state index contributed by atoms with van der Waals surface area (Å²) >= 11 is 0. The number of aromatic nitrogens is 4. The number of halogens is 1. The summed E-state index contributed by atoms with van der Waals surface area (Å²) in [7, 11) is 0. The fourth-order valence-corrected chi connectivity index (χ4v) is 2.96. The van der Waals surface area contributed by atoms with E-state index in [9.17, 15) is 9.50 Å². The van der Waals surface area contributed by atoms with Gasteiger partial charge in [-0.25, -0.2) is 9.37 Å². The molecular formula is C18H15FN4O. The highest BCUT2D eigenvalue weighted by Gasteiger charge is 2.20. The van der Waals surface area contributed by atoms with Crippen molar-refractivity contribution >= 4 is 16.8 Å². The first-order chi connectivity index (χ1) is 11.7. The first kappa shape index (κ1) is 14.7. The molecule has 120 valence electrons. The van der Waals surface area contributed by atoms with Crippen molar-refractivity contribution < 1.29 is 9.50 Å². The Balaban J connectivity index is 1.69. The first-order valence-corrected chi connectivity index (χ1v) is 7.82. The van der Waals surface area contributed by atoms with Crippen LogP contribution < -0.4 is 0 Å². The van der Waals surface area contributed by atoms with Crippen molar-refractivity contribution in [3.8, 4) is 17.0 Å². The second-order valence-electron chi connectivity index (χ2n) is 5.87. The molecule has 0 bridgehead atoms. The molecule has 2 heterocycles. The smallest absolute Gasteiger partial charge is 0.174 e. The van der Waals surface area contributed by atoms with Crippen LogP contribution in [0.2, 0.25) is 0 Å². The fraction of sp³-hybridized carbons (Fsp3) is 0.222. The average Bonchev–Trinajstić information content (AvgIpc) is 3.00. The molecule has 5 nitrogen and oxygen atoms in total. The first-order valence-electron chi connectivity index (χ1n) is 7.82. The second-order valence-corrected chi connectivity index (χ2v) is 5.87. The third kappa shape index (κ3) is 2.71. The molecule has 4 rings (SSSR count). The molecule has 6 heteroatoms. The van der Waals surface area contributed by atoms with Gasteiger partial charge in [-0.05, 0) is 54.5 Å². The Morgan fingerprint density at radius 1 is 1.17 bits per heavy atom. The maximum absolute atomic E-state index is 13.6. The van der Waals surface area contributed by atoms with Crippen molar-refractivity contribution in [2.75, 3.05) is 0 Å². The molecule has 0 unspecified atom stereocenters. The number of fused-ring (bicyclic) bond motifs is 1. The van der Waals surface area contributed by atoms with Gasteiger partial charge in [-0.1, -0.05) is 0 Å². The fourth-order valence-electron chi connectivity index (χ4n) is 2.96. The van der Waals surface area contributed by atoms with E-state index in [2.05, 4.69) is 20.2 Å². The van der Waals surface area contributed by atoms with Crippen LogP contribution in [0, 0.1) is 0 Å². The minimum Gasteiger partial charge on any atom is -0.507 e. The molecule has 24 heavy (non-hydrogen) atoms. The summed E-state index contributed by atoms with van der Waals surface area (Å²) in [6.45, 7) is 0. The van der Waals surface area contributed by atoms with Crippen molar-refractivity contribution in [2.24, 2.45) is 0 Å². The number of phenols is 1. The van der Waals surface area contributed by atoms with E-state index in [0.717, 1.165) is 29.2 Å². The lowest BCUT2D eigenvalue weighted by Gasteiger charge is -2.06. The third-order valence-corrected chi connectivity index (χ3v) is 4.25. The molecule has 1 saturated carbocycles. The summed E-state index contributed by atoms with van der Waals surface area (Å²) in [5, 5.41) is 20.2. The number of pyridine rings is 1. The van der Waals surface area contributed by atoms with Crippen molar-refractivity contribution in [1.82, 2.24) is 20.2 Å². The number of phenolic OH excluding ortho intramolecular Hbond substituents is 1. The van der Waals surface area contributed by atoms with Gasteiger partial charge < -0.3 is 5.11 Å². The van der Waals surface area contributed by atoms with Gasteiger partial charge in [0.15, 0.2) is 5.82 Å². The molecule has 0 amide bonds. The molecule has 1 aromatic carbocycles. The Morgan fingerprint density at radius 3 is 2.83 bits per heavy atom. The minimum absolute atomic E-state index is 0.0947. The van der Waals surface area contributed by atoms with E-state index >= 15 is 0 Å². The molecule has 1 N–H and O–H groups in total. The molecule has 0 aliphatic heterocycles. The predicted molar refractivity (Wildman–Crippen MR) is 89.0 cm³/mol. The highest BCUT2D eigenvalue weighted by Crippen LogP contribution is 2.32. The number of rotatable bonds is 2. The predicted octanol–water partition coefficient (Wildman–Crippen LogP) is 3.70.